The molecular formula is C10H12N4O. The molecule has 2 heterocycles. The molecule has 0 radical (unpaired) electrons. The zero-order chi connectivity index (χ0) is 10.7. The normalized spacial score (nSPS) is 10.2. The van der Waals surface area contributed by atoms with Crippen LogP contribution in [0.1, 0.15) is 11.5 Å². The van der Waals surface area contributed by atoms with Crippen molar-refractivity contribution >= 4 is 11.6 Å². The van der Waals surface area contributed by atoms with E-state index in [-0.39, 0.29) is 0 Å². The lowest BCUT2D eigenvalue weighted by atomic mass is 10.4. The fraction of sp³-hybridized carbons (Fsp3) is 0.200. The predicted molar refractivity (Wildman–Crippen MR) is 57.2 cm³/mol. The lowest BCUT2D eigenvalue weighted by molar-refractivity contribution is 0.490. The maximum absolute atomic E-state index is 5.47. The number of aryl methyl sites for hydroxylation is 1. The SMILES string of the molecule is Cc1ccc(CNc2ncc(N)cn2)o1. The molecule has 2 rings (SSSR count). The molecule has 0 amide bonds. The molecule has 0 fully saturated rings. The summed E-state index contributed by atoms with van der Waals surface area (Å²) in [6.45, 7) is 2.47. The molecule has 78 valence electrons. The summed E-state index contributed by atoms with van der Waals surface area (Å²) in [7, 11) is 0. The monoisotopic (exact) mass is 204 g/mol. The van der Waals surface area contributed by atoms with Gasteiger partial charge in [-0.3, -0.25) is 0 Å². The fourth-order valence-corrected chi connectivity index (χ4v) is 1.18. The first-order valence-electron chi connectivity index (χ1n) is 4.61. The third kappa shape index (κ3) is 2.46. The second kappa shape index (κ2) is 4.00. The van der Waals surface area contributed by atoms with Crippen LogP contribution < -0.4 is 11.1 Å². The number of hydrogen-bond acceptors (Lipinski definition) is 5. The van der Waals surface area contributed by atoms with Gasteiger partial charge in [-0.2, -0.15) is 0 Å². The Hall–Kier alpha value is -2.04. The Balaban J connectivity index is 1.96. The van der Waals surface area contributed by atoms with Crippen LogP contribution in [0, 0.1) is 6.92 Å². The first-order chi connectivity index (χ1) is 7.24. The number of nitrogens with zero attached hydrogens (tertiary/aromatic N) is 2. The van der Waals surface area contributed by atoms with Gasteiger partial charge in [0.15, 0.2) is 0 Å². The Morgan fingerprint density at radius 3 is 2.67 bits per heavy atom. The molecule has 0 saturated carbocycles. The van der Waals surface area contributed by atoms with Crippen molar-refractivity contribution in [2.75, 3.05) is 11.1 Å². The molecule has 0 saturated heterocycles. The van der Waals surface area contributed by atoms with Crippen molar-refractivity contribution in [1.29, 1.82) is 0 Å². The molecule has 0 aliphatic carbocycles. The van der Waals surface area contributed by atoms with Crippen LogP contribution in [0.3, 0.4) is 0 Å². The van der Waals surface area contributed by atoms with Gasteiger partial charge in [-0.05, 0) is 19.1 Å². The van der Waals surface area contributed by atoms with E-state index in [4.69, 9.17) is 10.2 Å². The minimum Gasteiger partial charge on any atom is -0.465 e. The van der Waals surface area contributed by atoms with Crippen molar-refractivity contribution in [3.63, 3.8) is 0 Å². The quantitative estimate of drug-likeness (QED) is 0.793. The van der Waals surface area contributed by atoms with Crippen molar-refractivity contribution in [2.24, 2.45) is 0 Å². The highest BCUT2D eigenvalue weighted by Gasteiger charge is 1.99. The number of rotatable bonds is 3. The molecule has 0 aromatic carbocycles. The van der Waals surface area contributed by atoms with E-state index in [0.717, 1.165) is 11.5 Å². The van der Waals surface area contributed by atoms with Gasteiger partial charge in [-0.15, -0.1) is 0 Å². The zero-order valence-electron chi connectivity index (χ0n) is 8.40. The molecule has 0 aliphatic rings. The lowest BCUT2D eigenvalue weighted by Gasteiger charge is -2.01. The van der Waals surface area contributed by atoms with Crippen LogP contribution in [0.4, 0.5) is 11.6 Å². The number of furan rings is 1. The topological polar surface area (TPSA) is 77.0 Å². The van der Waals surface area contributed by atoms with E-state index < -0.39 is 0 Å². The Kier molecular flexibility index (Phi) is 2.53. The highest BCUT2D eigenvalue weighted by atomic mass is 16.3. The van der Waals surface area contributed by atoms with Crippen LogP contribution >= 0.6 is 0 Å². The van der Waals surface area contributed by atoms with E-state index in [0.29, 0.717) is 18.2 Å². The van der Waals surface area contributed by atoms with Gasteiger partial charge < -0.3 is 15.5 Å². The maximum Gasteiger partial charge on any atom is 0.223 e. The predicted octanol–water partition coefficient (Wildman–Crippen LogP) is 1.57. The van der Waals surface area contributed by atoms with Gasteiger partial charge in [0, 0.05) is 0 Å². The summed E-state index contributed by atoms with van der Waals surface area (Å²) in [6, 6.07) is 3.83. The second-order valence-corrected chi connectivity index (χ2v) is 3.21. The third-order valence-electron chi connectivity index (χ3n) is 1.89. The smallest absolute Gasteiger partial charge is 0.223 e. The highest BCUT2D eigenvalue weighted by molar-refractivity contribution is 5.36. The summed E-state index contributed by atoms with van der Waals surface area (Å²) in [5.74, 6) is 2.29. The summed E-state index contributed by atoms with van der Waals surface area (Å²) >= 11 is 0. The van der Waals surface area contributed by atoms with Crippen LogP contribution in [-0.4, -0.2) is 9.97 Å². The number of hydrogen-bond donors (Lipinski definition) is 2. The Labute approximate surface area is 87.3 Å². The van der Waals surface area contributed by atoms with Crippen LogP contribution in [0.5, 0.6) is 0 Å². The van der Waals surface area contributed by atoms with Gasteiger partial charge >= 0.3 is 0 Å². The molecule has 0 bridgehead atoms. The molecule has 2 aromatic heterocycles. The van der Waals surface area contributed by atoms with Crippen LogP contribution in [0.15, 0.2) is 28.9 Å². The number of nitrogen functional groups attached to an aromatic ring is 1. The third-order valence-corrected chi connectivity index (χ3v) is 1.89. The standard InChI is InChI=1S/C10H12N4O/c1-7-2-3-9(15-7)6-14-10-12-4-8(11)5-13-10/h2-5H,6,11H2,1H3,(H,12,13,14). The van der Waals surface area contributed by atoms with E-state index >= 15 is 0 Å². The minimum absolute atomic E-state index is 0.540. The van der Waals surface area contributed by atoms with E-state index in [2.05, 4.69) is 15.3 Å². The largest absolute Gasteiger partial charge is 0.465 e. The van der Waals surface area contributed by atoms with E-state index in [9.17, 15) is 0 Å². The van der Waals surface area contributed by atoms with E-state index in [1.807, 2.05) is 19.1 Å². The average molecular weight is 204 g/mol. The maximum atomic E-state index is 5.47. The van der Waals surface area contributed by atoms with Crippen molar-refractivity contribution in [1.82, 2.24) is 9.97 Å². The minimum atomic E-state index is 0.540. The summed E-state index contributed by atoms with van der Waals surface area (Å²) in [5.41, 5.74) is 6.02. The van der Waals surface area contributed by atoms with Gasteiger partial charge in [-0.25, -0.2) is 9.97 Å². The summed E-state index contributed by atoms with van der Waals surface area (Å²) in [5, 5.41) is 3.03. The van der Waals surface area contributed by atoms with Gasteiger partial charge in [0.05, 0.1) is 24.6 Å². The van der Waals surface area contributed by atoms with Crippen LogP contribution in [-0.2, 0) is 6.54 Å². The van der Waals surface area contributed by atoms with Crippen molar-refractivity contribution in [3.05, 3.63) is 36.0 Å². The summed E-state index contributed by atoms with van der Waals surface area (Å²) < 4.78 is 5.39. The molecule has 0 unspecified atom stereocenters. The first-order valence-corrected chi connectivity index (χ1v) is 4.61. The van der Waals surface area contributed by atoms with Crippen molar-refractivity contribution < 1.29 is 4.42 Å². The molecule has 15 heavy (non-hydrogen) atoms. The number of anilines is 2. The highest BCUT2D eigenvalue weighted by Crippen LogP contribution is 2.08. The van der Waals surface area contributed by atoms with Crippen molar-refractivity contribution in [2.45, 2.75) is 13.5 Å². The van der Waals surface area contributed by atoms with E-state index in [1.165, 1.54) is 0 Å². The Bertz CT molecular complexity index is 435. The van der Waals surface area contributed by atoms with Crippen molar-refractivity contribution in [3.8, 4) is 0 Å². The van der Waals surface area contributed by atoms with Crippen LogP contribution in [0.2, 0.25) is 0 Å². The molecular weight excluding hydrogens is 192 g/mol. The fourth-order valence-electron chi connectivity index (χ4n) is 1.18. The van der Waals surface area contributed by atoms with Gasteiger partial charge in [0.25, 0.3) is 0 Å². The van der Waals surface area contributed by atoms with E-state index in [1.54, 1.807) is 12.4 Å². The van der Waals surface area contributed by atoms with Crippen LogP contribution in [0.25, 0.3) is 0 Å². The Morgan fingerprint density at radius 1 is 1.33 bits per heavy atom. The molecule has 3 N–H and O–H groups in total. The number of nitrogens with one attached hydrogen (secondary N) is 1. The second-order valence-electron chi connectivity index (χ2n) is 3.21. The number of aromatic nitrogens is 2. The Morgan fingerprint density at radius 2 is 2.07 bits per heavy atom. The lowest BCUT2D eigenvalue weighted by Crippen LogP contribution is -2.02. The van der Waals surface area contributed by atoms with Gasteiger partial charge in [-0.1, -0.05) is 0 Å². The molecule has 5 nitrogen and oxygen atoms in total. The molecule has 2 aromatic rings. The van der Waals surface area contributed by atoms with Gasteiger partial charge in [0.1, 0.15) is 11.5 Å². The molecule has 0 atom stereocenters. The summed E-state index contributed by atoms with van der Waals surface area (Å²) in [4.78, 5) is 8.02. The first kappa shape index (κ1) is 9.51. The molecule has 0 aliphatic heterocycles. The molecule has 5 heteroatoms. The summed E-state index contributed by atoms with van der Waals surface area (Å²) in [6.07, 6.45) is 3.12. The molecule has 0 spiro atoms. The number of nitrogens with two attached hydrogens (primary N) is 1. The zero-order valence-corrected chi connectivity index (χ0v) is 8.40. The van der Waals surface area contributed by atoms with Gasteiger partial charge in [0.2, 0.25) is 5.95 Å². The average Bonchev–Trinajstić information content (AvgIpc) is 2.64.